The van der Waals surface area contributed by atoms with Gasteiger partial charge in [0.15, 0.2) is 5.06 Å². The molecule has 1 aromatic carbocycles. The molecule has 0 bridgehead atoms. The fourth-order valence-corrected chi connectivity index (χ4v) is 2.98. The Morgan fingerprint density at radius 3 is 2.85 bits per heavy atom. The Bertz CT molecular complexity index is 447. The first-order chi connectivity index (χ1) is 6.20. The zero-order chi connectivity index (χ0) is 9.42. The Hall–Kier alpha value is -0.540. The van der Waals surface area contributed by atoms with Gasteiger partial charge in [0.1, 0.15) is 0 Å². The molecule has 0 fully saturated rings. The van der Waals surface area contributed by atoms with E-state index in [0.717, 1.165) is 21.0 Å². The number of fused-ring (bicyclic) bond motifs is 1. The van der Waals surface area contributed by atoms with Crippen molar-refractivity contribution >= 4 is 37.4 Å². The summed E-state index contributed by atoms with van der Waals surface area (Å²) in [4.78, 5) is 0. The first-order valence-corrected chi connectivity index (χ1v) is 5.72. The van der Waals surface area contributed by atoms with Crippen LogP contribution < -0.4 is 0 Å². The lowest BCUT2D eigenvalue weighted by atomic mass is 10.1. The minimum absolute atomic E-state index is 0.379. The monoisotopic (exact) mass is 256 g/mol. The van der Waals surface area contributed by atoms with Gasteiger partial charge < -0.3 is 5.11 Å². The Kier molecular flexibility index (Phi) is 2.30. The average molecular weight is 257 g/mol. The van der Waals surface area contributed by atoms with E-state index in [-0.39, 0.29) is 0 Å². The highest BCUT2D eigenvalue weighted by Crippen LogP contribution is 2.36. The van der Waals surface area contributed by atoms with Crippen molar-refractivity contribution in [3.05, 3.63) is 28.2 Å². The smallest absolute Gasteiger partial charge is 0.172 e. The van der Waals surface area contributed by atoms with Gasteiger partial charge in [-0.2, -0.15) is 0 Å². The Labute approximate surface area is 89.1 Å². The molecule has 0 radical (unpaired) electrons. The molecule has 0 aliphatic carbocycles. The van der Waals surface area contributed by atoms with Crippen molar-refractivity contribution in [2.75, 3.05) is 0 Å². The lowest BCUT2D eigenvalue weighted by Crippen LogP contribution is -1.78. The van der Waals surface area contributed by atoms with Crippen LogP contribution in [0.5, 0.6) is 5.06 Å². The maximum absolute atomic E-state index is 9.34. The number of halogens is 1. The Balaban J connectivity index is 2.75. The van der Waals surface area contributed by atoms with Crippen LogP contribution in [0, 0.1) is 0 Å². The van der Waals surface area contributed by atoms with Gasteiger partial charge in [-0.15, -0.1) is 0 Å². The molecule has 0 saturated heterocycles. The minimum Gasteiger partial charge on any atom is -0.499 e. The second kappa shape index (κ2) is 3.31. The third-order valence-corrected chi connectivity index (χ3v) is 3.58. The predicted octanol–water partition coefficient (Wildman–Crippen LogP) is 3.93. The van der Waals surface area contributed by atoms with Crippen LogP contribution in [0.4, 0.5) is 0 Å². The van der Waals surface area contributed by atoms with Crippen LogP contribution in [-0.4, -0.2) is 5.11 Å². The van der Waals surface area contributed by atoms with Gasteiger partial charge >= 0.3 is 0 Å². The highest BCUT2D eigenvalue weighted by atomic mass is 79.9. The van der Waals surface area contributed by atoms with E-state index in [0.29, 0.717) is 5.06 Å². The molecule has 1 heterocycles. The normalized spacial score (nSPS) is 10.9. The summed E-state index contributed by atoms with van der Waals surface area (Å²) in [5.74, 6) is 0. The molecule has 1 aromatic heterocycles. The van der Waals surface area contributed by atoms with Crippen LogP contribution >= 0.6 is 27.3 Å². The maximum Gasteiger partial charge on any atom is 0.172 e. The quantitative estimate of drug-likeness (QED) is 0.820. The molecule has 1 N–H and O–H groups in total. The summed E-state index contributed by atoms with van der Waals surface area (Å²) in [5.41, 5.74) is 1.29. The molecule has 0 saturated carbocycles. The largest absolute Gasteiger partial charge is 0.499 e. The second-order valence-corrected chi connectivity index (χ2v) is 4.84. The molecule has 0 amide bonds. The highest BCUT2D eigenvalue weighted by Gasteiger charge is 2.05. The molecule has 68 valence electrons. The third kappa shape index (κ3) is 1.58. The van der Waals surface area contributed by atoms with E-state index in [1.54, 1.807) is 6.07 Å². The molecule has 2 aromatic rings. The third-order valence-electron chi connectivity index (χ3n) is 2.04. The average Bonchev–Trinajstić information content (AvgIpc) is 2.46. The first-order valence-electron chi connectivity index (χ1n) is 4.11. The summed E-state index contributed by atoms with van der Waals surface area (Å²) in [5, 5.41) is 10.8. The molecular formula is C10H9BrOS. The summed E-state index contributed by atoms with van der Waals surface area (Å²) in [7, 11) is 0. The summed E-state index contributed by atoms with van der Waals surface area (Å²) in [6, 6.07) is 6.03. The van der Waals surface area contributed by atoms with E-state index in [9.17, 15) is 5.11 Å². The van der Waals surface area contributed by atoms with Crippen molar-refractivity contribution in [1.29, 1.82) is 0 Å². The summed E-state index contributed by atoms with van der Waals surface area (Å²) in [6.45, 7) is 2.13. The van der Waals surface area contributed by atoms with Crippen LogP contribution in [-0.2, 0) is 6.42 Å². The van der Waals surface area contributed by atoms with Crippen molar-refractivity contribution in [3.8, 4) is 5.06 Å². The zero-order valence-corrected chi connectivity index (χ0v) is 9.58. The SMILES string of the molecule is CCc1cc(Br)c2cc(O)sc2c1. The molecule has 0 aliphatic rings. The Morgan fingerprint density at radius 1 is 1.38 bits per heavy atom. The van der Waals surface area contributed by atoms with Crippen LogP contribution in [0.15, 0.2) is 22.7 Å². The fourth-order valence-electron chi connectivity index (χ4n) is 1.34. The van der Waals surface area contributed by atoms with Gasteiger partial charge in [0.25, 0.3) is 0 Å². The lowest BCUT2D eigenvalue weighted by molar-refractivity contribution is 0.491. The van der Waals surface area contributed by atoms with Crippen LogP contribution in [0.25, 0.3) is 10.1 Å². The van der Waals surface area contributed by atoms with Crippen molar-refractivity contribution in [1.82, 2.24) is 0 Å². The molecule has 0 atom stereocenters. The summed E-state index contributed by atoms with van der Waals surface area (Å²) in [6.07, 6.45) is 1.02. The van der Waals surface area contributed by atoms with Crippen LogP contribution in [0.3, 0.4) is 0 Å². The first kappa shape index (κ1) is 9.03. The number of aryl methyl sites for hydroxylation is 1. The second-order valence-electron chi connectivity index (χ2n) is 2.93. The summed E-state index contributed by atoms with van der Waals surface area (Å²) >= 11 is 4.92. The van der Waals surface area contributed by atoms with Crippen molar-refractivity contribution in [2.45, 2.75) is 13.3 Å². The maximum atomic E-state index is 9.34. The van der Waals surface area contributed by atoms with Gasteiger partial charge in [0, 0.05) is 20.6 Å². The molecule has 0 aliphatic heterocycles. The number of rotatable bonds is 1. The highest BCUT2D eigenvalue weighted by molar-refractivity contribution is 9.10. The molecule has 1 nitrogen and oxygen atoms in total. The van der Waals surface area contributed by atoms with E-state index < -0.39 is 0 Å². The number of hydrogen-bond acceptors (Lipinski definition) is 2. The number of aromatic hydroxyl groups is 1. The fraction of sp³-hybridized carbons (Fsp3) is 0.200. The summed E-state index contributed by atoms with van der Waals surface area (Å²) < 4.78 is 2.21. The molecule has 3 heteroatoms. The van der Waals surface area contributed by atoms with E-state index in [2.05, 4.69) is 35.0 Å². The van der Waals surface area contributed by atoms with Gasteiger partial charge in [-0.1, -0.05) is 34.2 Å². The van der Waals surface area contributed by atoms with Crippen molar-refractivity contribution < 1.29 is 5.11 Å². The molecule has 13 heavy (non-hydrogen) atoms. The Morgan fingerprint density at radius 2 is 2.15 bits per heavy atom. The topological polar surface area (TPSA) is 20.2 Å². The zero-order valence-electron chi connectivity index (χ0n) is 7.17. The van der Waals surface area contributed by atoms with Gasteiger partial charge in [0.05, 0.1) is 0 Å². The van der Waals surface area contributed by atoms with Gasteiger partial charge in [-0.25, -0.2) is 0 Å². The van der Waals surface area contributed by atoms with Crippen LogP contribution in [0.1, 0.15) is 12.5 Å². The van der Waals surface area contributed by atoms with Crippen molar-refractivity contribution in [3.63, 3.8) is 0 Å². The van der Waals surface area contributed by atoms with E-state index in [4.69, 9.17) is 0 Å². The van der Waals surface area contributed by atoms with Crippen molar-refractivity contribution in [2.24, 2.45) is 0 Å². The van der Waals surface area contributed by atoms with Gasteiger partial charge in [0.2, 0.25) is 0 Å². The predicted molar refractivity (Wildman–Crippen MR) is 60.6 cm³/mol. The van der Waals surface area contributed by atoms with Gasteiger partial charge in [-0.05, 0) is 24.1 Å². The molecular weight excluding hydrogens is 248 g/mol. The molecule has 2 rings (SSSR count). The lowest BCUT2D eigenvalue weighted by Gasteiger charge is -1.98. The van der Waals surface area contributed by atoms with E-state index >= 15 is 0 Å². The number of thiophene rings is 1. The van der Waals surface area contributed by atoms with Crippen LogP contribution in [0.2, 0.25) is 0 Å². The number of benzene rings is 1. The molecule has 0 unspecified atom stereocenters. The van der Waals surface area contributed by atoms with E-state index in [1.807, 2.05) is 0 Å². The van der Waals surface area contributed by atoms with Gasteiger partial charge in [-0.3, -0.25) is 0 Å². The standard InChI is InChI=1S/C10H9BrOS/c1-2-6-3-8(11)7-5-10(12)13-9(7)4-6/h3-5,12H,2H2,1H3. The number of hydrogen-bond donors (Lipinski definition) is 1. The minimum atomic E-state index is 0.379. The molecule has 0 spiro atoms. The van der Waals surface area contributed by atoms with E-state index in [1.165, 1.54) is 16.9 Å².